The number of nitrogens with zero attached hydrogens (tertiary/aromatic N) is 1. The molecule has 2 aromatic carbocycles. The Bertz CT molecular complexity index is 831. The molecule has 0 fully saturated rings. The number of hydrogen-bond acceptors (Lipinski definition) is 2. The Morgan fingerprint density at radius 1 is 1.16 bits per heavy atom. The van der Waals surface area contributed by atoms with Gasteiger partial charge < -0.3 is 10.2 Å². The second-order valence-corrected chi connectivity index (χ2v) is 6.45. The van der Waals surface area contributed by atoms with Crippen LogP contribution in [0.4, 0.5) is 4.39 Å². The summed E-state index contributed by atoms with van der Waals surface area (Å²) in [5.74, 6) is -0.269. The summed E-state index contributed by atoms with van der Waals surface area (Å²) in [7, 11) is 0. The van der Waals surface area contributed by atoms with E-state index in [2.05, 4.69) is 5.32 Å². The van der Waals surface area contributed by atoms with E-state index in [0.29, 0.717) is 17.2 Å². The van der Waals surface area contributed by atoms with Crippen LogP contribution in [0.25, 0.3) is 0 Å². The van der Waals surface area contributed by atoms with E-state index in [-0.39, 0.29) is 17.6 Å². The minimum absolute atomic E-state index is 0.00505. The van der Waals surface area contributed by atoms with E-state index >= 15 is 0 Å². The van der Waals surface area contributed by atoms with Crippen molar-refractivity contribution >= 4 is 23.1 Å². The zero-order chi connectivity index (χ0) is 18.0. The zero-order valence-corrected chi connectivity index (χ0v) is 14.9. The molecule has 0 aromatic heterocycles. The van der Waals surface area contributed by atoms with Crippen molar-refractivity contribution in [2.45, 2.75) is 26.4 Å². The van der Waals surface area contributed by atoms with Crippen molar-refractivity contribution in [1.29, 1.82) is 0 Å². The quantitative estimate of drug-likeness (QED) is 0.837. The third-order valence-electron chi connectivity index (χ3n) is 4.36. The first-order valence-corrected chi connectivity index (χ1v) is 8.47. The molecular weight excluding hydrogens is 335 g/mol. The minimum Gasteiger partial charge on any atom is -0.351 e. The molecule has 5 heteroatoms. The minimum atomic E-state index is -0.274. The second-order valence-electron chi connectivity index (χ2n) is 6.06. The van der Waals surface area contributed by atoms with Crippen molar-refractivity contribution in [2.75, 3.05) is 0 Å². The van der Waals surface area contributed by atoms with Gasteiger partial charge in [-0.05, 0) is 49.3 Å². The number of halogens is 1. The molecule has 0 spiro atoms. The van der Waals surface area contributed by atoms with Gasteiger partial charge >= 0.3 is 0 Å². The topological polar surface area (TPSA) is 32.3 Å². The van der Waals surface area contributed by atoms with Crippen molar-refractivity contribution in [2.24, 2.45) is 0 Å². The van der Waals surface area contributed by atoms with Gasteiger partial charge in [-0.25, -0.2) is 4.39 Å². The highest BCUT2D eigenvalue weighted by Gasteiger charge is 2.32. The predicted molar refractivity (Wildman–Crippen MR) is 100 cm³/mol. The van der Waals surface area contributed by atoms with Gasteiger partial charge in [0.05, 0.1) is 6.04 Å². The fourth-order valence-electron chi connectivity index (χ4n) is 3.10. The number of carbonyl (C=O) groups excluding carboxylic acids is 1. The summed E-state index contributed by atoms with van der Waals surface area (Å²) >= 11 is 5.54. The monoisotopic (exact) mass is 354 g/mol. The van der Waals surface area contributed by atoms with Crippen LogP contribution in [-0.4, -0.2) is 15.8 Å². The van der Waals surface area contributed by atoms with Crippen LogP contribution in [-0.2, 0) is 11.3 Å². The van der Waals surface area contributed by atoms with Crippen LogP contribution in [0.2, 0.25) is 0 Å². The number of ketones is 1. The van der Waals surface area contributed by atoms with Crippen LogP contribution in [0.5, 0.6) is 0 Å². The van der Waals surface area contributed by atoms with Crippen molar-refractivity contribution < 1.29 is 9.18 Å². The van der Waals surface area contributed by atoms with Gasteiger partial charge in [0, 0.05) is 17.8 Å². The first-order chi connectivity index (χ1) is 12.0. The third-order valence-corrected chi connectivity index (χ3v) is 4.70. The van der Waals surface area contributed by atoms with E-state index in [1.165, 1.54) is 12.1 Å². The van der Waals surface area contributed by atoms with Crippen LogP contribution in [0, 0.1) is 5.82 Å². The van der Waals surface area contributed by atoms with Crippen LogP contribution in [0.15, 0.2) is 65.9 Å². The molecule has 0 saturated carbocycles. The van der Waals surface area contributed by atoms with Crippen molar-refractivity contribution in [1.82, 2.24) is 10.2 Å². The number of thiocarbonyl (C=S) groups is 1. The SMILES string of the molecule is CC(=O)C1=C(C)N(Cc2ccc(F)cc2)C(=S)NC1c1ccccc1. The average Bonchev–Trinajstić information content (AvgIpc) is 2.60. The number of nitrogens with one attached hydrogen (secondary N) is 1. The average molecular weight is 354 g/mol. The molecule has 1 unspecified atom stereocenters. The molecular formula is C20H19FN2OS. The molecule has 25 heavy (non-hydrogen) atoms. The molecule has 3 rings (SSSR count). The van der Waals surface area contributed by atoms with E-state index in [1.54, 1.807) is 19.1 Å². The van der Waals surface area contributed by atoms with Gasteiger partial charge in [-0.2, -0.15) is 0 Å². The molecule has 2 aromatic rings. The molecule has 0 bridgehead atoms. The molecule has 0 saturated heterocycles. The largest absolute Gasteiger partial charge is 0.351 e. The Morgan fingerprint density at radius 3 is 2.40 bits per heavy atom. The van der Waals surface area contributed by atoms with Gasteiger partial charge in [0.15, 0.2) is 10.9 Å². The Labute approximate surface area is 152 Å². The Balaban J connectivity index is 1.98. The molecule has 0 aliphatic carbocycles. The Kier molecular flexibility index (Phi) is 4.95. The van der Waals surface area contributed by atoms with E-state index in [1.807, 2.05) is 42.2 Å². The highest BCUT2D eigenvalue weighted by molar-refractivity contribution is 7.80. The van der Waals surface area contributed by atoms with Crippen molar-refractivity contribution in [3.8, 4) is 0 Å². The molecule has 1 heterocycles. The Hall–Kier alpha value is -2.53. The molecule has 3 nitrogen and oxygen atoms in total. The molecule has 1 aliphatic rings. The summed E-state index contributed by atoms with van der Waals surface area (Å²) in [6.45, 7) is 3.96. The van der Waals surface area contributed by atoms with Gasteiger partial charge in [0.2, 0.25) is 0 Å². The van der Waals surface area contributed by atoms with Crippen LogP contribution >= 0.6 is 12.2 Å². The normalized spacial score (nSPS) is 17.5. The lowest BCUT2D eigenvalue weighted by Crippen LogP contribution is -2.47. The fourth-order valence-corrected chi connectivity index (χ4v) is 3.42. The summed E-state index contributed by atoms with van der Waals surface area (Å²) in [6, 6.07) is 15.8. The maximum Gasteiger partial charge on any atom is 0.174 e. The van der Waals surface area contributed by atoms with Gasteiger partial charge in [-0.15, -0.1) is 0 Å². The maximum atomic E-state index is 13.1. The van der Waals surface area contributed by atoms with E-state index in [4.69, 9.17) is 12.2 Å². The third kappa shape index (κ3) is 3.61. The first-order valence-electron chi connectivity index (χ1n) is 8.06. The molecule has 1 atom stereocenters. The fraction of sp³-hybridized carbons (Fsp3) is 0.200. The molecule has 1 aliphatic heterocycles. The zero-order valence-electron chi connectivity index (χ0n) is 14.1. The molecule has 0 radical (unpaired) electrons. The first kappa shape index (κ1) is 17.3. The molecule has 0 amide bonds. The number of rotatable bonds is 4. The summed E-state index contributed by atoms with van der Waals surface area (Å²) in [5, 5.41) is 3.84. The van der Waals surface area contributed by atoms with Crippen LogP contribution in [0.1, 0.15) is 31.0 Å². The summed E-state index contributed by atoms with van der Waals surface area (Å²) in [5.41, 5.74) is 3.44. The number of hydrogen-bond donors (Lipinski definition) is 1. The number of carbonyl (C=O) groups is 1. The predicted octanol–water partition coefficient (Wildman–Crippen LogP) is 4.12. The summed E-state index contributed by atoms with van der Waals surface area (Å²) < 4.78 is 13.1. The molecule has 128 valence electrons. The highest BCUT2D eigenvalue weighted by atomic mass is 32.1. The standard InChI is InChI=1S/C20H19FN2OS/c1-13-18(14(2)24)19(16-6-4-3-5-7-16)22-20(25)23(13)12-15-8-10-17(21)11-9-15/h3-11,19H,12H2,1-2H3,(H,22,25). The lowest BCUT2D eigenvalue weighted by atomic mass is 9.92. The van der Waals surface area contributed by atoms with Crippen LogP contribution in [0.3, 0.4) is 0 Å². The van der Waals surface area contributed by atoms with Gasteiger partial charge in [-0.1, -0.05) is 42.5 Å². The van der Waals surface area contributed by atoms with Crippen LogP contribution < -0.4 is 5.32 Å². The summed E-state index contributed by atoms with van der Waals surface area (Å²) in [4.78, 5) is 14.2. The lowest BCUT2D eigenvalue weighted by molar-refractivity contribution is -0.114. The second kappa shape index (κ2) is 7.15. The van der Waals surface area contributed by atoms with Gasteiger partial charge in [0.1, 0.15) is 5.82 Å². The number of allylic oxidation sites excluding steroid dienone is 1. The van der Waals surface area contributed by atoms with Crippen molar-refractivity contribution in [3.63, 3.8) is 0 Å². The van der Waals surface area contributed by atoms with Crippen molar-refractivity contribution in [3.05, 3.63) is 82.8 Å². The van der Waals surface area contributed by atoms with E-state index in [9.17, 15) is 9.18 Å². The molecule has 1 N–H and O–H groups in total. The van der Waals surface area contributed by atoms with Gasteiger partial charge in [0.25, 0.3) is 0 Å². The van der Waals surface area contributed by atoms with Gasteiger partial charge in [-0.3, -0.25) is 4.79 Å². The van der Waals surface area contributed by atoms with E-state index < -0.39 is 0 Å². The van der Waals surface area contributed by atoms with E-state index in [0.717, 1.165) is 16.8 Å². The smallest absolute Gasteiger partial charge is 0.174 e. The highest BCUT2D eigenvalue weighted by Crippen LogP contribution is 2.31. The summed E-state index contributed by atoms with van der Waals surface area (Å²) in [6.07, 6.45) is 0. The number of Topliss-reactive ketones (excluding diaryl/α,β-unsaturated/α-hetero) is 1. The maximum absolute atomic E-state index is 13.1. The lowest BCUT2D eigenvalue weighted by Gasteiger charge is -2.37. The Morgan fingerprint density at radius 2 is 1.80 bits per heavy atom. The number of benzene rings is 2.